The number of nitrogens with zero attached hydrogens (tertiary/aromatic N) is 2. The first-order valence-corrected chi connectivity index (χ1v) is 9.47. The Bertz CT molecular complexity index is 715. The van der Waals surface area contributed by atoms with Crippen molar-refractivity contribution in [3.05, 3.63) is 22.9 Å². The van der Waals surface area contributed by atoms with Gasteiger partial charge >= 0.3 is 6.18 Å². The average molecular weight is 385 g/mol. The molecule has 4 nitrogen and oxygen atoms in total. The molecule has 0 bridgehead atoms. The van der Waals surface area contributed by atoms with Gasteiger partial charge in [-0.05, 0) is 38.7 Å². The predicted molar refractivity (Wildman–Crippen MR) is 93.6 cm³/mol. The number of nitriles is 1. The van der Waals surface area contributed by atoms with Crippen LogP contribution in [-0.4, -0.2) is 22.2 Å². The second kappa shape index (κ2) is 8.30. The van der Waals surface area contributed by atoms with Crippen LogP contribution in [0.4, 0.5) is 13.2 Å². The van der Waals surface area contributed by atoms with Crippen molar-refractivity contribution in [2.24, 2.45) is 5.92 Å². The number of aromatic nitrogens is 1. The van der Waals surface area contributed by atoms with Crippen molar-refractivity contribution >= 4 is 17.7 Å². The normalized spacial score (nSPS) is 21.7. The highest BCUT2D eigenvalue weighted by molar-refractivity contribution is 8.00. The van der Waals surface area contributed by atoms with Crippen LogP contribution >= 0.6 is 11.8 Å². The van der Waals surface area contributed by atoms with E-state index in [0.717, 1.165) is 43.5 Å². The van der Waals surface area contributed by atoms with Crippen molar-refractivity contribution in [1.29, 1.82) is 5.26 Å². The first kappa shape index (κ1) is 20.6. The van der Waals surface area contributed by atoms with Crippen LogP contribution in [0.5, 0.6) is 0 Å². The maximum atomic E-state index is 13.2. The van der Waals surface area contributed by atoms with Crippen molar-refractivity contribution in [1.82, 2.24) is 10.3 Å². The summed E-state index contributed by atoms with van der Waals surface area (Å²) in [6.07, 6.45) is -0.467. The Hall–Kier alpha value is -1.75. The molecule has 1 aromatic heterocycles. The zero-order valence-electron chi connectivity index (χ0n) is 15.0. The Morgan fingerprint density at radius 2 is 2.08 bits per heavy atom. The maximum absolute atomic E-state index is 13.2. The van der Waals surface area contributed by atoms with Gasteiger partial charge < -0.3 is 5.32 Å². The van der Waals surface area contributed by atoms with Crippen molar-refractivity contribution < 1.29 is 18.0 Å². The average Bonchev–Trinajstić information content (AvgIpc) is 2.55. The molecule has 1 amide bonds. The van der Waals surface area contributed by atoms with Crippen LogP contribution in [0.25, 0.3) is 0 Å². The van der Waals surface area contributed by atoms with Crippen LogP contribution in [0.1, 0.15) is 56.4 Å². The van der Waals surface area contributed by atoms with Gasteiger partial charge in [0.05, 0.1) is 16.4 Å². The number of rotatable bonds is 4. The molecule has 0 spiro atoms. The summed E-state index contributed by atoms with van der Waals surface area (Å²) >= 11 is 0.891. The van der Waals surface area contributed by atoms with E-state index in [-0.39, 0.29) is 22.7 Å². The summed E-state index contributed by atoms with van der Waals surface area (Å²) in [6, 6.07) is 2.54. The number of carbonyl (C=O) groups excluding carboxylic acids is 1. The standard InChI is InChI=1S/C18H22F3N3OS/c1-10-6-4-5-7-15(10)24-16(25)12(3)26-17-13(9-22)14(18(19,20)21)8-11(2)23-17/h8,10,12,15H,4-7H2,1-3H3,(H,24,25). The van der Waals surface area contributed by atoms with E-state index < -0.39 is 22.6 Å². The molecule has 1 aliphatic rings. The third kappa shape index (κ3) is 4.91. The predicted octanol–water partition coefficient (Wildman–Crippen LogP) is 4.46. The summed E-state index contributed by atoms with van der Waals surface area (Å²) in [7, 11) is 0. The summed E-state index contributed by atoms with van der Waals surface area (Å²) in [4.78, 5) is 16.5. The number of nitrogens with one attached hydrogen (secondary N) is 1. The SMILES string of the molecule is Cc1cc(C(F)(F)F)c(C#N)c(SC(C)C(=O)NC2CCCCC2C)n1. The van der Waals surface area contributed by atoms with E-state index in [0.29, 0.717) is 5.92 Å². The lowest BCUT2D eigenvalue weighted by molar-refractivity contribution is -0.138. The van der Waals surface area contributed by atoms with Crippen LogP contribution < -0.4 is 5.32 Å². The van der Waals surface area contributed by atoms with Gasteiger partial charge in [-0.15, -0.1) is 0 Å². The minimum Gasteiger partial charge on any atom is -0.352 e. The molecule has 3 atom stereocenters. The Morgan fingerprint density at radius 1 is 1.42 bits per heavy atom. The second-order valence-corrected chi connectivity index (χ2v) is 8.07. The number of pyridine rings is 1. The van der Waals surface area contributed by atoms with E-state index in [4.69, 9.17) is 0 Å². The van der Waals surface area contributed by atoms with E-state index in [1.807, 2.05) is 0 Å². The lowest BCUT2D eigenvalue weighted by atomic mass is 9.86. The molecule has 142 valence electrons. The van der Waals surface area contributed by atoms with Crippen molar-refractivity contribution in [3.63, 3.8) is 0 Å². The molecule has 0 aliphatic heterocycles. The first-order chi connectivity index (χ1) is 12.1. The highest BCUT2D eigenvalue weighted by Crippen LogP contribution is 2.37. The number of hydrogen-bond acceptors (Lipinski definition) is 4. The zero-order chi connectivity index (χ0) is 19.5. The molecule has 8 heteroatoms. The van der Waals surface area contributed by atoms with Crippen LogP contribution in [0, 0.1) is 24.2 Å². The van der Waals surface area contributed by atoms with E-state index in [1.54, 1.807) is 13.0 Å². The Morgan fingerprint density at radius 3 is 2.65 bits per heavy atom. The molecule has 0 aromatic carbocycles. The number of hydrogen-bond donors (Lipinski definition) is 1. The minimum absolute atomic E-state index is 0.0563. The van der Waals surface area contributed by atoms with Gasteiger partial charge in [0.2, 0.25) is 5.91 Å². The summed E-state index contributed by atoms with van der Waals surface area (Å²) in [5.41, 5.74) is -1.38. The molecular weight excluding hydrogens is 363 g/mol. The fraction of sp³-hybridized carbons (Fsp3) is 0.611. The lowest BCUT2D eigenvalue weighted by Gasteiger charge is -2.30. The number of amides is 1. The van der Waals surface area contributed by atoms with Crippen LogP contribution in [0.2, 0.25) is 0 Å². The highest BCUT2D eigenvalue weighted by atomic mass is 32.2. The Labute approximate surface area is 155 Å². The summed E-state index contributed by atoms with van der Waals surface area (Å²) in [6.45, 7) is 5.15. The molecule has 0 saturated heterocycles. The molecule has 1 N–H and O–H groups in total. The topological polar surface area (TPSA) is 65.8 Å². The fourth-order valence-corrected chi connectivity index (χ4v) is 4.09. The molecule has 2 rings (SSSR count). The van der Waals surface area contributed by atoms with E-state index in [1.165, 1.54) is 6.92 Å². The summed E-state index contributed by atoms with van der Waals surface area (Å²) in [5, 5.41) is 11.5. The number of halogens is 3. The maximum Gasteiger partial charge on any atom is 0.417 e. The van der Waals surface area contributed by atoms with Gasteiger partial charge in [0.15, 0.2) is 0 Å². The molecule has 1 saturated carbocycles. The largest absolute Gasteiger partial charge is 0.417 e. The second-order valence-electron chi connectivity index (χ2n) is 6.74. The lowest BCUT2D eigenvalue weighted by Crippen LogP contribution is -2.44. The molecule has 1 aromatic rings. The molecule has 1 heterocycles. The van der Waals surface area contributed by atoms with Crippen LogP contribution in [0.3, 0.4) is 0 Å². The van der Waals surface area contributed by atoms with Gasteiger partial charge in [0, 0.05) is 11.7 Å². The molecule has 0 radical (unpaired) electrons. The van der Waals surface area contributed by atoms with Gasteiger partial charge in [0.1, 0.15) is 11.1 Å². The monoisotopic (exact) mass is 385 g/mol. The van der Waals surface area contributed by atoms with Gasteiger partial charge in [-0.3, -0.25) is 4.79 Å². The molecular formula is C18H22F3N3OS. The number of alkyl halides is 3. The van der Waals surface area contributed by atoms with Crippen molar-refractivity contribution in [2.45, 2.75) is 68.9 Å². The number of carbonyl (C=O) groups is 1. The molecule has 1 fully saturated rings. The third-order valence-corrected chi connectivity index (χ3v) is 5.71. The minimum atomic E-state index is -4.64. The molecule has 1 aliphatic carbocycles. The fourth-order valence-electron chi connectivity index (χ4n) is 3.11. The first-order valence-electron chi connectivity index (χ1n) is 8.59. The van der Waals surface area contributed by atoms with Gasteiger partial charge in [0.25, 0.3) is 0 Å². The van der Waals surface area contributed by atoms with Crippen molar-refractivity contribution in [3.8, 4) is 6.07 Å². The number of aryl methyl sites for hydroxylation is 1. The van der Waals surface area contributed by atoms with Gasteiger partial charge in [-0.1, -0.05) is 31.5 Å². The van der Waals surface area contributed by atoms with E-state index in [9.17, 15) is 23.2 Å². The van der Waals surface area contributed by atoms with E-state index >= 15 is 0 Å². The van der Waals surface area contributed by atoms with E-state index in [2.05, 4.69) is 17.2 Å². The quantitative estimate of drug-likeness (QED) is 0.778. The summed E-state index contributed by atoms with van der Waals surface area (Å²) < 4.78 is 39.5. The van der Waals surface area contributed by atoms with Gasteiger partial charge in [-0.25, -0.2) is 4.98 Å². The van der Waals surface area contributed by atoms with Crippen molar-refractivity contribution in [2.75, 3.05) is 0 Å². The molecule has 3 unspecified atom stereocenters. The Kier molecular flexibility index (Phi) is 6.56. The van der Waals surface area contributed by atoms with Gasteiger partial charge in [-0.2, -0.15) is 18.4 Å². The number of thioether (sulfide) groups is 1. The zero-order valence-corrected chi connectivity index (χ0v) is 15.8. The van der Waals surface area contributed by atoms with Crippen LogP contribution in [0.15, 0.2) is 11.1 Å². The smallest absolute Gasteiger partial charge is 0.352 e. The molecule has 26 heavy (non-hydrogen) atoms. The Balaban J connectivity index is 2.18. The third-order valence-electron chi connectivity index (χ3n) is 4.63. The summed E-state index contributed by atoms with van der Waals surface area (Å²) in [5.74, 6) is 0.142. The van der Waals surface area contributed by atoms with Crippen LogP contribution in [-0.2, 0) is 11.0 Å². The highest BCUT2D eigenvalue weighted by Gasteiger charge is 2.36.